The van der Waals surface area contributed by atoms with Crippen molar-refractivity contribution in [2.75, 3.05) is 0 Å². The summed E-state index contributed by atoms with van der Waals surface area (Å²) in [6.45, 7) is 1.88. The Morgan fingerprint density at radius 2 is 2.13 bits per heavy atom. The summed E-state index contributed by atoms with van der Waals surface area (Å²) in [6, 6.07) is -0.461. The molecule has 3 unspecified atom stereocenters. The minimum atomic E-state index is -2.65. The second-order valence-electron chi connectivity index (χ2n) is 6.79. The van der Waals surface area contributed by atoms with Gasteiger partial charge in [-0.2, -0.15) is 5.10 Å². The van der Waals surface area contributed by atoms with E-state index in [-0.39, 0.29) is 42.7 Å². The molecule has 0 saturated heterocycles. The van der Waals surface area contributed by atoms with Crippen LogP contribution in [0.1, 0.15) is 43.6 Å². The molecule has 1 saturated carbocycles. The van der Waals surface area contributed by atoms with Crippen molar-refractivity contribution in [1.82, 2.24) is 14.8 Å². The number of aromatic nitrogens is 3. The van der Waals surface area contributed by atoms with Crippen molar-refractivity contribution in [1.29, 1.82) is 0 Å². The first-order chi connectivity index (χ1) is 10.9. The van der Waals surface area contributed by atoms with Crippen molar-refractivity contribution in [3.8, 4) is 0 Å². The number of hydrogen-bond acceptors (Lipinski definition) is 2. The molecule has 5 atom stereocenters. The first kappa shape index (κ1) is 14.9. The molecule has 0 radical (unpaired) electrons. The lowest BCUT2D eigenvalue weighted by Gasteiger charge is -2.28. The largest absolute Gasteiger partial charge is 0.252 e. The number of allylic oxidation sites excluding steroid dienone is 4. The maximum Gasteiger partial charge on any atom is 0.252 e. The molecule has 0 bridgehead atoms. The summed E-state index contributed by atoms with van der Waals surface area (Å²) in [7, 11) is 0. The highest BCUT2D eigenvalue weighted by Crippen LogP contribution is 2.51. The molecule has 1 aromatic rings. The summed E-state index contributed by atoms with van der Waals surface area (Å²) in [4.78, 5) is 4.10. The van der Waals surface area contributed by atoms with Crippen molar-refractivity contribution in [3.05, 3.63) is 35.7 Å². The summed E-state index contributed by atoms with van der Waals surface area (Å²) in [5.41, 5.74) is 0. The molecule has 2 heterocycles. The topological polar surface area (TPSA) is 30.7 Å². The highest BCUT2D eigenvalue weighted by atomic mass is 19.3. The van der Waals surface area contributed by atoms with Crippen LogP contribution in [0.5, 0.6) is 0 Å². The molecule has 1 fully saturated rings. The summed E-state index contributed by atoms with van der Waals surface area (Å²) >= 11 is 0. The smallest absolute Gasteiger partial charge is 0.243 e. The fourth-order valence-corrected chi connectivity index (χ4v) is 3.69. The third kappa shape index (κ3) is 2.40. The van der Waals surface area contributed by atoms with Gasteiger partial charge in [-0.1, -0.05) is 19.1 Å². The molecule has 2 aliphatic carbocycles. The third-order valence-corrected chi connectivity index (χ3v) is 5.10. The van der Waals surface area contributed by atoms with Crippen LogP contribution in [0.3, 0.4) is 0 Å². The number of alkyl halides is 3. The van der Waals surface area contributed by atoms with E-state index in [9.17, 15) is 17.6 Å². The molecular formula is C16H17F4N3. The van der Waals surface area contributed by atoms with Gasteiger partial charge in [-0.05, 0) is 12.0 Å². The Morgan fingerprint density at radius 3 is 2.78 bits per heavy atom. The van der Waals surface area contributed by atoms with Crippen LogP contribution >= 0.6 is 0 Å². The van der Waals surface area contributed by atoms with E-state index in [4.69, 9.17) is 0 Å². The fraction of sp³-hybridized carbons (Fsp3) is 0.625. The lowest BCUT2D eigenvalue weighted by molar-refractivity contribution is 0.0984. The first-order valence-electron chi connectivity index (χ1n) is 7.88. The second kappa shape index (κ2) is 4.92. The average Bonchev–Trinajstić information content (AvgIpc) is 2.82. The number of nitrogens with zero attached hydrogens (tertiary/aromatic N) is 3. The Hall–Kier alpha value is -1.66. The molecule has 7 heteroatoms. The van der Waals surface area contributed by atoms with Gasteiger partial charge in [0.1, 0.15) is 5.83 Å². The van der Waals surface area contributed by atoms with E-state index >= 15 is 0 Å². The first-order valence-corrected chi connectivity index (χ1v) is 7.88. The summed E-state index contributed by atoms with van der Waals surface area (Å²) in [5, 5.41) is 4.23. The van der Waals surface area contributed by atoms with Gasteiger partial charge < -0.3 is 0 Å². The van der Waals surface area contributed by atoms with E-state index in [2.05, 4.69) is 10.1 Å². The average molecular weight is 327 g/mol. The van der Waals surface area contributed by atoms with Crippen LogP contribution in [0.4, 0.5) is 17.6 Å². The molecule has 0 amide bonds. The van der Waals surface area contributed by atoms with E-state index in [0.717, 1.165) is 0 Å². The molecule has 0 spiro atoms. The van der Waals surface area contributed by atoms with Crippen LogP contribution in [0.15, 0.2) is 24.1 Å². The normalized spacial score (nSPS) is 37.6. The lowest BCUT2D eigenvalue weighted by Crippen LogP contribution is -2.25. The van der Waals surface area contributed by atoms with Gasteiger partial charge in [0.05, 0.1) is 6.04 Å². The number of halogens is 4. The Bertz CT molecular complexity index is 693. The number of rotatable bonds is 3. The van der Waals surface area contributed by atoms with Gasteiger partial charge in [0.2, 0.25) is 0 Å². The summed E-state index contributed by atoms with van der Waals surface area (Å²) in [6.07, 6.45) is 3.60. The van der Waals surface area contributed by atoms with Crippen LogP contribution in [0, 0.1) is 17.8 Å². The van der Waals surface area contributed by atoms with Gasteiger partial charge in [-0.25, -0.2) is 27.2 Å². The van der Waals surface area contributed by atoms with Crippen LogP contribution in [0.25, 0.3) is 0 Å². The van der Waals surface area contributed by atoms with Gasteiger partial charge in [0.25, 0.3) is 5.92 Å². The van der Waals surface area contributed by atoms with E-state index in [1.54, 1.807) is 6.08 Å². The molecule has 3 nitrogen and oxygen atoms in total. The number of hydrogen-bond donors (Lipinski definition) is 0. The van der Waals surface area contributed by atoms with Gasteiger partial charge in [-0.15, -0.1) is 0 Å². The summed E-state index contributed by atoms with van der Waals surface area (Å²) in [5.74, 6) is -3.89. The second-order valence-corrected chi connectivity index (χ2v) is 6.79. The molecule has 3 aliphatic rings. The van der Waals surface area contributed by atoms with Crippen molar-refractivity contribution >= 4 is 0 Å². The van der Waals surface area contributed by atoms with Gasteiger partial charge in [0, 0.05) is 31.1 Å². The highest BCUT2D eigenvalue weighted by molar-refractivity contribution is 5.22. The van der Waals surface area contributed by atoms with Crippen LogP contribution in [-0.2, 0) is 6.42 Å². The van der Waals surface area contributed by atoms with E-state index in [1.165, 1.54) is 10.8 Å². The minimum Gasteiger partial charge on any atom is -0.243 e. The zero-order valence-electron chi connectivity index (χ0n) is 12.6. The maximum atomic E-state index is 14.3. The number of fused-ring (bicyclic) bond motifs is 1. The molecule has 1 aliphatic heterocycles. The van der Waals surface area contributed by atoms with E-state index < -0.39 is 30.0 Å². The lowest BCUT2D eigenvalue weighted by atomic mass is 9.82. The molecule has 124 valence electrons. The molecule has 0 aromatic carbocycles. The molecular weight excluding hydrogens is 310 g/mol. The van der Waals surface area contributed by atoms with E-state index in [1.807, 2.05) is 13.0 Å². The monoisotopic (exact) mass is 327 g/mol. The Morgan fingerprint density at radius 1 is 1.39 bits per heavy atom. The predicted molar refractivity (Wildman–Crippen MR) is 75.3 cm³/mol. The van der Waals surface area contributed by atoms with Crippen molar-refractivity contribution < 1.29 is 17.6 Å². The van der Waals surface area contributed by atoms with Gasteiger partial charge in [-0.3, -0.25) is 0 Å². The fourth-order valence-electron chi connectivity index (χ4n) is 3.69. The molecule has 4 rings (SSSR count). The van der Waals surface area contributed by atoms with Crippen LogP contribution < -0.4 is 0 Å². The quantitative estimate of drug-likeness (QED) is 0.782. The van der Waals surface area contributed by atoms with E-state index in [0.29, 0.717) is 0 Å². The standard InChI is InChI=1S/C16H17F4N3/c1-8-3-2-4-10(17)14(8)12-6-11(18)15-21-13(22-23(12)15)5-9-7-16(9,19)20/h2-4,8-9,11-12,14H,5-7H2,1H3/t8?,9?,11-,12-,14?/m0/s1. The zero-order chi connectivity index (χ0) is 16.4. The molecule has 23 heavy (non-hydrogen) atoms. The molecule has 0 N–H and O–H groups in total. The Labute approximate surface area is 131 Å². The van der Waals surface area contributed by atoms with Gasteiger partial charge >= 0.3 is 0 Å². The van der Waals surface area contributed by atoms with Crippen molar-refractivity contribution in [3.63, 3.8) is 0 Å². The van der Waals surface area contributed by atoms with Crippen molar-refractivity contribution in [2.45, 2.75) is 44.3 Å². The highest BCUT2D eigenvalue weighted by Gasteiger charge is 2.57. The Balaban J connectivity index is 1.60. The van der Waals surface area contributed by atoms with Crippen LogP contribution in [-0.4, -0.2) is 20.7 Å². The minimum absolute atomic E-state index is 0.0465. The zero-order valence-corrected chi connectivity index (χ0v) is 12.6. The Kier molecular flexibility index (Phi) is 3.19. The predicted octanol–water partition coefficient (Wildman–Crippen LogP) is 4.11. The summed E-state index contributed by atoms with van der Waals surface area (Å²) < 4.78 is 56.0. The maximum absolute atomic E-state index is 14.3. The molecule has 1 aromatic heterocycles. The third-order valence-electron chi connectivity index (χ3n) is 5.10. The van der Waals surface area contributed by atoms with Crippen molar-refractivity contribution in [2.24, 2.45) is 17.8 Å². The van der Waals surface area contributed by atoms with Crippen LogP contribution in [0.2, 0.25) is 0 Å². The van der Waals surface area contributed by atoms with Gasteiger partial charge in [0.15, 0.2) is 17.8 Å². The SMILES string of the molecule is CC1C=CC=C(F)C1[C@@H]1C[C@H](F)c2nc(CC3CC3(F)F)nn21.